The molecule has 3 heterocycles. The SMILES string of the molecule is O=S1(=O)CCC(Cc2nc3n(n2)CCCC3O)CC1. The molecule has 1 unspecified atom stereocenters. The van der Waals surface area contributed by atoms with Gasteiger partial charge in [-0.3, -0.25) is 0 Å². The van der Waals surface area contributed by atoms with E-state index in [2.05, 4.69) is 10.1 Å². The minimum Gasteiger partial charge on any atom is -0.385 e. The summed E-state index contributed by atoms with van der Waals surface area (Å²) >= 11 is 0. The van der Waals surface area contributed by atoms with Crippen molar-refractivity contribution < 1.29 is 13.5 Å². The third-order valence-corrected chi connectivity index (χ3v) is 5.75. The lowest BCUT2D eigenvalue weighted by molar-refractivity contribution is 0.130. The van der Waals surface area contributed by atoms with Crippen LogP contribution in [-0.2, 0) is 22.8 Å². The maximum atomic E-state index is 11.4. The zero-order valence-electron chi connectivity index (χ0n) is 10.8. The lowest BCUT2D eigenvalue weighted by Gasteiger charge is -2.20. The molecule has 6 nitrogen and oxygen atoms in total. The minimum absolute atomic E-state index is 0.286. The highest BCUT2D eigenvalue weighted by Crippen LogP contribution is 2.25. The highest BCUT2D eigenvalue weighted by atomic mass is 32.2. The fraction of sp³-hybridized carbons (Fsp3) is 0.833. The smallest absolute Gasteiger partial charge is 0.156 e. The fourth-order valence-corrected chi connectivity index (χ4v) is 4.45. The molecule has 1 N–H and O–H groups in total. The first-order valence-corrected chi connectivity index (χ1v) is 8.68. The maximum absolute atomic E-state index is 11.4. The largest absolute Gasteiger partial charge is 0.385 e. The van der Waals surface area contributed by atoms with Crippen molar-refractivity contribution >= 4 is 9.84 Å². The zero-order valence-corrected chi connectivity index (χ0v) is 11.6. The molecular weight excluding hydrogens is 266 g/mol. The number of aliphatic hydroxyl groups is 1. The predicted octanol–water partition coefficient (Wildman–Crippen LogP) is 0.473. The maximum Gasteiger partial charge on any atom is 0.156 e. The molecule has 1 aromatic heterocycles. The number of aryl methyl sites for hydroxylation is 1. The van der Waals surface area contributed by atoms with Gasteiger partial charge in [0.15, 0.2) is 11.6 Å². The standard InChI is InChI=1S/C12H19N3O3S/c16-10-2-1-5-15-12(10)13-11(14-15)8-9-3-6-19(17,18)7-4-9/h9-10,16H,1-8H2. The third-order valence-electron chi connectivity index (χ3n) is 4.04. The molecule has 19 heavy (non-hydrogen) atoms. The monoisotopic (exact) mass is 285 g/mol. The molecule has 106 valence electrons. The summed E-state index contributed by atoms with van der Waals surface area (Å²) in [7, 11) is -2.81. The highest BCUT2D eigenvalue weighted by molar-refractivity contribution is 7.91. The first kappa shape index (κ1) is 13.1. The molecule has 1 aromatic rings. The van der Waals surface area contributed by atoms with Crippen LogP contribution in [0.15, 0.2) is 0 Å². The molecule has 0 radical (unpaired) electrons. The topological polar surface area (TPSA) is 85.1 Å². The van der Waals surface area contributed by atoms with Crippen LogP contribution in [0.2, 0.25) is 0 Å². The number of aliphatic hydroxyl groups excluding tert-OH is 1. The van der Waals surface area contributed by atoms with Crippen LogP contribution in [-0.4, -0.2) is 39.8 Å². The number of hydrogen-bond donors (Lipinski definition) is 1. The van der Waals surface area contributed by atoms with Gasteiger partial charge in [0.25, 0.3) is 0 Å². The predicted molar refractivity (Wildman–Crippen MR) is 69.3 cm³/mol. The summed E-state index contributed by atoms with van der Waals surface area (Å²) in [6.45, 7) is 0.818. The van der Waals surface area contributed by atoms with E-state index in [1.165, 1.54) is 0 Å². The zero-order chi connectivity index (χ0) is 13.5. The van der Waals surface area contributed by atoms with Crippen LogP contribution in [0.5, 0.6) is 0 Å². The van der Waals surface area contributed by atoms with Crippen LogP contribution in [0.25, 0.3) is 0 Å². The van der Waals surface area contributed by atoms with Crippen molar-refractivity contribution in [1.29, 1.82) is 0 Å². The normalized spacial score (nSPS) is 27.1. The summed E-state index contributed by atoms with van der Waals surface area (Å²) < 4.78 is 24.6. The minimum atomic E-state index is -2.81. The number of rotatable bonds is 2. The van der Waals surface area contributed by atoms with E-state index in [1.807, 2.05) is 0 Å². The Balaban J connectivity index is 1.68. The van der Waals surface area contributed by atoms with Gasteiger partial charge >= 0.3 is 0 Å². The van der Waals surface area contributed by atoms with Crippen molar-refractivity contribution in [1.82, 2.24) is 14.8 Å². The van der Waals surface area contributed by atoms with Gasteiger partial charge < -0.3 is 5.11 Å². The molecule has 2 aliphatic rings. The molecule has 1 atom stereocenters. The summed E-state index contributed by atoms with van der Waals surface area (Å²) in [4.78, 5) is 4.41. The molecule has 0 bridgehead atoms. The number of hydrogen-bond acceptors (Lipinski definition) is 5. The molecule has 1 saturated heterocycles. The Bertz CT molecular complexity index is 553. The molecule has 1 fully saturated rings. The number of fused-ring (bicyclic) bond motifs is 1. The van der Waals surface area contributed by atoms with E-state index in [9.17, 15) is 13.5 Å². The third kappa shape index (κ3) is 2.81. The molecule has 0 aromatic carbocycles. The van der Waals surface area contributed by atoms with Gasteiger partial charge in [0.2, 0.25) is 0 Å². The van der Waals surface area contributed by atoms with Crippen LogP contribution < -0.4 is 0 Å². The van der Waals surface area contributed by atoms with Gasteiger partial charge in [-0.25, -0.2) is 18.1 Å². The summed E-state index contributed by atoms with van der Waals surface area (Å²) in [6.07, 6.45) is 3.31. The molecule has 7 heteroatoms. The molecule has 2 aliphatic heterocycles. The second kappa shape index (κ2) is 4.86. The van der Waals surface area contributed by atoms with E-state index < -0.39 is 15.9 Å². The second-order valence-corrected chi connectivity index (χ2v) is 7.87. The number of nitrogens with zero attached hydrogens (tertiary/aromatic N) is 3. The average Bonchev–Trinajstić information content (AvgIpc) is 2.76. The van der Waals surface area contributed by atoms with Crippen LogP contribution in [0.3, 0.4) is 0 Å². The van der Waals surface area contributed by atoms with Gasteiger partial charge in [-0.15, -0.1) is 0 Å². The van der Waals surface area contributed by atoms with Crippen molar-refractivity contribution in [2.75, 3.05) is 11.5 Å². The Labute approximate surface area is 112 Å². The van der Waals surface area contributed by atoms with Crippen LogP contribution in [0.1, 0.15) is 43.4 Å². The van der Waals surface area contributed by atoms with E-state index in [0.717, 1.165) is 31.6 Å². The van der Waals surface area contributed by atoms with Gasteiger partial charge in [-0.05, 0) is 31.6 Å². The molecule has 3 rings (SSSR count). The van der Waals surface area contributed by atoms with Crippen molar-refractivity contribution in [3.05, 3.63) is 11.6 Å². The Morgan fingerprint density at radius 2 is 2.00 bits per heavy atom. The van der Waals surface area contributed by atoms with E-state index in [0.29, 0.717) is 24.6 Å². The summed E-state index contributed by atoms with van der Waals surface area (Å²) in [6, 6.07) is 0. The summed E-state index contributed by atoms with van der Waals surface area (Å²) in [5, 5.41) is 14.3. The Kier molecular flexibility index (Phi) is 3.34. The molecule has 0 saturated carbocycles. The number of sulfone groups is 1. The fourth-order valence-electron chi connectivity index (χ4n) is 2.87. The van der Waals surface area contributed by atoms with Crippen LogP contribution in [0.4, 0.5) is 0 Å². The van der Waals surface area contributed by atoms with Crippen molar-refractivity contribution in [2.24, 2.45) is 5.92 Å². The van der Waals surface area contributed by atoms with E-state index in [-0.39, 0.29) is 11.5 Å². The summed E-state index contributed by atoms with van der Waals surface area (Å²) in [5.74, 6) is 2.34. The van der Waals surface area contributed by atoms with Crippen molar-refractivity contribution in [3.8, 4) is 0 Å². The second-order valence-electron chi connectivity index (χ2n) is 5.57. The Hall–Kier alpha value is -0.950. The van der Waals surface area contributed by atoms with Crippen molar-refractivity contribution in [2.45, 2.75) is 44.8 Å². The molecule has 0 aliphatic carbocycles. The van der Waals surface area contributed by atoms with Crippen LogP contribution >= 0.6 is 0 Å². The van der Waals surface area contributed by atoms with Gasteiger partial charge in [-0.1, -0.05) is 0 Å². The van der Waals surface area contributed by atoms with E-state index >= 15 is 0 Å². The first-order chi connectivity index (χ1) is 9.03. The molecule has 0 spiro atoms. The van der Waals surface area contributed by atoms with E-state index in [4.69, 9.17) is 0 Å². The quantitative estimate of drug-likeness (QED) is 0.854. The van der Waals surface area contributed by atoms with Gasteiger partial charge in [0.1, 0.15) is 15.9 Å². The lowest BCUT2D eigenvalue weighted by atomic mass is 9.99. The average molecular weight is 285 g/mol. The molecule has 0 amide bonds. The Morgan fingerprint density at radius 1 is 1.26 bits per heavy atom. The van der Waals surface area contributed by atoms with E-state index in [1.54, 1.807) is 4.68 Å². The lowest BCUT2D eigenvalue weighted by Crippen LogP contribution is -2.24. The van der Waals surface area contributed by atoms with Gasteiger partial charge in [0.05, 0.1) is 11.5 Å². The first-order valence-electron chi connectivity index (χ1n) is 6.85. The summed E-state index contributed by atoms with van der Waals surface area (Å²) in [5.41, 5.74) is 0. The highest BCUT2D eigenvalue weighted by Gasteiger charge is 2.27. The van der Waals surface area contributed by atoms with Crippen molar-refractivity contribution in [3.63, 3.8) is 0 Å². The van der Waals surface area contributed by atoms with Gasteiger partial charge in [0, 0.05) is 13.0 Å². The van der Waals surface area contributed by atoms with Gasteiger partial charge in [-0.2, -0.15) is 5.10 Å². The van der Waals surface area contributed by atoms with Crippen LogP contribution in [0, 0.1) is 5.92 Å². The molecular formula is C12H19N3O3S. The number of aromatic nitrogens is 3. The Morgan fingerprint density at radius 3 is 2.68 bits per heavy atom.